The summed E-state index contributed by atoms with van der Waals surface area (Å²) in [5.74, 6) is -0.780. The SMILES string of the molecule is NC(=O)c1c(NC(=O)c2sc3ccccc3c2Cl)sc2c1CCCCC2. The molecule has 2 aromatic heterocycles. The minimum Gasteiger partial charge on any atom is -0.365 e. The summed E-state index contributed by atoms with van der Waals surface area (Å²) in [6, 6.07) is 7.64. The van der Waals surface area contributed by atoms with Crippen molar-refractivity contribution < 1.29 is 9.59 Å². The molecule has 0 atom stereocenters. The van der Waals surface area contributed by atoms with Crippen LogP contribution < -0.4 is 11.1 Å². The number of amides is 2. The van der Waals surface area contributed by atoms with Gasteiger partial charge < -0.3 is 11.1 Å². The van der Waals surface area contributed by atoms with E-state index in [2.05, 4.69) is 5.32 Å². The Balaban J connectivity index is 1.71. The molecule has 1 aliphatic carbocycles. The van der Waals surface area contributed by atoms with Crippen molar-refractivity contribution >= 4 is 61.2 Å². The lowest BCUT2D eigenvalue weighted by Gasteiger charge is -2.05. The molecule has 2 amide bonds. The molecule has 0 bridgehead atoms. The van der Waals surface area contributed by atoms with E-state index >= 15 is 0 Å². The maximum Gasteiger partial charge on any atom is 0.267 e. The minimum absolute atomic E-state index is 0.296. The molecule has 0 saturated heterocycles. The third kappa shape index (κ3) is 3.02. The Kier molecular flexibility index (Phi) is 4.73. The standard InChI is InChI=1S/C19H17ClN2O2S2/c20-15-11-7-4-5-9-13(11)25-16(15)18(24)22-19-14(17(21)23)10-6-2-1-3-8-12(10)26-19/h4-5,7,9H,1-3,6,8H2,(H2,21,23)(H,22,24). The average molecular weight is 405 g/mol. The van der Waals surface area contributed by atoms with Gasteiger partial charge in [-0.25, -0.2) is 0 Å². The second kappa shape index (κ2) is 7.02. The van der Waals surface area contributed by atoms with Crippen molar-refractivity contribution in [3.63, 3.8) is 0 Å². The number of primary amides is 1. The molecular formula is C19H17ClN2O2S2. The van der Waals surface area contributed by atoms with Crippen molar-refractivity contribution in [3.8, 4) is 0 Å². The third-order valence-corrected chi connectivity index (χ3v) is 7.52. The fourth-order valence-electron chi connectivity index (χ4n) is 3.41. The second-order valence-corrected chi connectivity index (χ2v) is 8.86. The fraction of sp³-hybridized carbons (Fsp3) is 0.263. The van der Waals surface area contributed by atoms with Crippen LogP contribution in [0.2, 0.25) is 5.02 Å². The lowest BCUT2D eigenvalue weighted by molar-refractivity contribution is 0.100. The van der Waals surface area contributed by atoms with Crippen molar-refractivity contribution in [2.45, 2.75) is 32.1 Å². The van der Waals surface area contributed by atoms with Gasteiger partial charge in [0.15, 0.2) is 0 Å². The largest absolute Gasteiger partial charge is 0.365 e. The van der Waals surface area contributed by atoms with E-state index in [-0.39, 0.29) is 5.91 Å². The van der Waals surface area contributed by atoms with Gasteiger partial charge in [-0.1, -0.05) is 36.2 Å². The van der Waals surface area contributed by atoms with Crippen LogP contribution in [0.4, 0.5) is 5.00 Å². The molecule has 0 fully saturated rings. The second-order valence-electron chi connectivity index (χ2n) is 6.33. The van der Waals surface area contributed by atoms with E-state index in [0.717, 1.165) is 52.6 Å². The number of fused-ring (bicyclic) bond motifs is 2. The topological polar surface area (TPSA) is 72.2 Å². The number of carbonyl (C=O) groups excluding carboxylic acids is 2. The Morgan fingerprint density at radius 1 is 1.08 bits per heavy atom. The zero-order valence-electron chi connectivity index (χ0n) is 13.9. The molecule has 134 valence electrons. The van der Waals surface area contributed by atoms with Gasteiger partial charge in [-0.3, -0.25) is 9.59 Å². The van der Waals surface area contributed by atoms with Crippen LogP contribution in [0.1, 0.15) is 49.7 Å². The summed E-state index contributed by atoms with van der Waals surface area (Å²) in [6.07, 6.45) is 5.06. The summed E-state index contributed by atoms with van der Waals surface area (Å²) in [4.78, 5) is 26.5. The molecule has 2 heterocycles. The molecule has 3 aromatic rings. The maximum absolute atomic E-state index is 12.8. The smallest absolute Gasteiger partial charge is 0.267 e. The summed E-state index contributed by atoms with van der Waals surface area (Å²) in [5.41, 5.74) is 7.11. The van der Waals surface area contributed by atoms with E-state index in [1.807, 2.05) is 24.3 Å². The summed E-state index contributed by atoms with van der Waals surface area (Å²) < 4.78 is 0.958. The van der Waals surface area contributed by atoms with Crippen LogP contribution in [0.5, 0.6) is 0 Å². The maximum atomic E-state index is 12.8. The number of carbonyl (C=O) groups is 2. The molecule has 0 aliphatic heterocycles. The Labute approximate surface area is 164 Å². The predicted molar refractivity (Wildman–Crippen MR) is 109 cm³/mol. The number of aryl methyl sites for hydroxylation is 1. The summed E-state index contributed by atoms with van der Waals surface area (Å²) >= 11 is 9.22. The molecule has 4 rings (SSSR count). The van der Waals surface area contributed by atoms with Gasteiger partial charge in [0, 0.05) is 15.0 Å². The number of hydrogen-bond acceptors (Lipinski definition) is 4. The molecule has 0 spiro atoms. The highest BCUT2D eigenvalue weighted by Crippen LogP contribution is 2.39. The molecule has 1 aromatic carbocycles. The third-order valence-electron chi connectivity index (χ3n) is 4.64. The van der Waals surface area contributed by atoms with Crippen LogP contribution in [0.3, 0.4) is 0 Å². The van der Waals surface area contributed by atoms with Gasteiger partial charge in [0.25, 0.3) is 11.8 Å². The van der Waals surface area contributed by atoms with Gasteiger partial charge in [-0.05, 0) is 37.3 Å². The highest BCUT2D eigenvalue weighted by Gasteiger charge is 2.25. The van der Waals surface area contributed by atoms with Crippen molar-refractivity contribution in [1.82, 2.24) is 0 Å². The van der Waals surface area contributed by atoms with Gasteiger partial charge in [0.05, 0.1) is 10.6 Å². The number of benzene rings is 1. The molecule has 0 unspecified atom stereocenters. The normalized spacial score (nSPS) is 14.0. The molecule has 0 radical (unpaired) electrons. The van der Waals surface area contributed by atoms with Crippen LogP contribution in [0.25, 0.3) is 10.1 Å². The molecule has 4 nitrogen and oxygen atoms in total. The number of anilines is 1. The number of nitrogens with two attached hydrogens (primary N) is 1. The number of nitrogens with one attached hydrogen (secondary N) is 1. The Bertz CT molecular complexity index is 1020. The lowest BCUT2D eigenvalue weighted by Crippen LogP contribution is -2.17. The highest BCUT2D eigenvalue weighted by atomic mass is 35.5. The fourth-order valence-corrected chi connectivity index (χ4v) is 6.11. The summed E-state index contributed by atoms with van der Waals surface area (Å²) in [6.45, 7) is 0. The Morgan fingerprint density at radius 2 is 1.85 bits per heavy atom. The van der Waals surface area contributed by atoms with Crippen molar-refractivity contribution in [3.05, 3.63) is 50.2 Å². The first-order valence-electron chi connectivity index (χ1n) is 8.49. The zero-order valence-corrected chi connectivity index (χ0v) is 16.3. The van der Waals surface area contributed by atoms with Crippen LogP contribution in [0.15, 0.2) is 24.3 Å². The first-order valence-corrected chi connectivity index (χ1v) is 10.5. The van der Waals surface area contributed by atoms with Crippen LogP contribution >= 0.6 is 34.3 Å². The first-order chi connectivity index (χ1) is 12.6. The number of halogens is 1. The lowest BCUT2D eigenvalue weighted by atomic mass is 10.1. The molecule has 26 heavy (non-hydrogen) atoms. The quantitative estimate of drug-likeness (QED) is 0.586. The number of hydrogen-bond donors (Lipinski definition) is 2. The molecule has 3 N–H and O–H groups in total. The number of thiophene rings is 2. The monoisotopic (exact) mass is 404 g/mol. The van der Waals surface area contributed by atoms with Crippen LogP contribution in [-0.2, 0) is 12.8 Å². The molecular weight excluding hydrogens is 388 g/mol. The van der Waals surface area contributed by atoms with E-state index in [1.165, 1.54) is 22.7 Å². The average Bonchev–Trinajstić information content (AvgIpc) is 3.04. The zero-order chi connectivity index (χ0) is 18.3. The van der Waals surface area contributed by atoms with E-state index < -0.39 is 5.91 Å². The number of rotatable bonds is 3. The molecule has 7 heteroatoms. The summed E-state index contributed by atoms with van der Waals surface area (Å²) in [7, 11) is 0. The van der Waals surface area contributed by atoms with Gasteiger partial charge in [0.2, 0.25) is 0 Å². The molecule has 0 saturated carbocycles. The highest BCUT2D eigenvalue weighted by molar-refractivity contribution is 7.22. The van der Waals surface area contributed by atoms with Crippen molar-refractivity contribution in [2.75, 3.05) is 5.32 Å². The first kappa shape index (κ1) is 17.5. The van der Waals surface area contributed by atoms with Gasteiger partial charge >= 0.3 is 0 Å². The van der Waals surface area contributed by atoms with Gasteiger partial charge in [-0.2, -0.15) is 0 Å². The molecule has 1 aliphatic rings. The van der Waals surface area contributed by atoms with Crippen LogP contribution in [0, 0.1) is 0 Å². The van der Waals surface area contributed by atoms with Gasteiger partial charge in [0.1, 0.15) is 9.88 Å². The van der Waals surface area contributed by atoms with E-state index in [0.29, 0.717) is 20.5 Å². The summed E-state index contributed by atoms with van der Waals surface area (Å²) in [5, 5.41) is 4.75. The van der Waals surface area contributed by atoms with Gasteiger partial charge in [-0.15, -0.1) is 22.7 Å². The van der Waals surface area contributed by atoms with Crippen molar-refractivity contribution in [1.29, 1.82) is 0 Å². The van der Waals surface area contributed by atoms with E-state index in [1.54, 1.807) is 0 Å². The Morgan fingerprint density at radius 3 is 2.62 bits per heavy atom. The van der Waals surface area contributed by atoms with E-state index in [4.69, 9.17) is 17.3 Å². The van der Waals surface area contributed by atoms with Crippen LogP contribution in [-0.4, -0.2) is 11.8 Å². The predicted octanol–water partition coefficient (Wildman–Crippen LogP) is 5.24. The van der Waals surface area contributed by atoms with Crippen molar-refractivity contribution in [2.24, 2.45) is 5.73 Å². The minimum atomic E-state index is -0.484. The Hall–Kier alpha value is -1.89. The van der Waals surface area contributed by atoms with E-state index in [9.17, 15) is 9.59 Å².